The Morgan fingerprint density at radius 1 is 1.50 bits per heavy atom. The van der Waals surface area contributed by atoms with Crippen molar-refractivity contribution >= 4 is 11.9 Å². The number of hydrogen-bond donors (Lipinski definition) is 0. The fraction of sp³-hybridized carbons (Fsp3) is 0.429. The van der Waals surface area contributed by atoms with E-state index < -0.39 is 5.82 Å². The van der Waals surface area contributed by atoms with Gasteiger partial charge in [0.1, 0.15) is 5.82 Å². The van der Waals surface area contributed by atoms with Crippen LogP contribution in [0.3, 0.4) is 0 Å². The van der Waals surface area contributed by atoms with Gasteiger partial charge in [-0.25, -0.2) is 4.39 Å². The van der Waals surface area contributed by atoms with E-state index >= 15 is 0 Å². The molecule has 1 fully saturated rings. The van der Waals surface area contributed by atoms with Crippen molar-refractivity contribution in [2.75, 3.05) is 26.8 Å². The van der Waals surface area contributed by atoms with Crippen LogP contribution in [0.1, 0.15) is 16.8 Å². The fourth-order valence-electron chi connectivity index (χ4n) is 2.10. The molecule has 1 aromatic carbocycles. The monoisotopic (exact) mass is 281 g/mol. The van der Waals surface area contributed by atoms with E-state index in [0.717, 1.165) is 0 Å². The van der Waals surface area contributed by atoms with Gasteiger partial charge in [0.15, 0.2) is 0 Å². The molecule has 0 N–H and O–H groups in total. The Kier molecular flexibility index (Phi) is 4.68. The predicted molar refractivity (Wildman–Crippen MR) is 68.7 cm³/mol. The largest absolute Gasteiger partial charge is 0.469 e. The van der Waals surface area contributed by atoms with Crippen LogP contribution in [-0.4, -0.2) is 49.7 Å². The zero-order valence-corrected chi connectivity index (χ0v) is 11.2. The summed E-state index contributed by atoms with van der Waals surface area (Å²) in [5.41, 5.74) is 0.295. The second-order valence-corrected chi connectivity index (χ2v) is 4.53. The molecule has 0 saturated carbocycles. The molecular weight excluding hydrogens is 265 g/mol. The molecule has 0 radical (unpaired) electrons. The lowest BCUT2D eigenvalue weighted by Crippen LogP contribution is -2.46. The molecule has 1 aromatic rings. The summed E-state index contributed by atoms with van der Waals surface area (Å²) in [6, 6.07) is 5.55. The van der Waals surface area contributed by atoms with E-state index in [1.807, 2.05) is 0 Å². The number of hydrogen-bond acceptors (Lipinski definition) is 4. The molecule has 1 aliphatic rings. The van der Waals surface area contributed by atoms with E-state index in [2.05, 4.69) is 4.74 Å². The van der Waals surface area contributed by atoms with E-state index in [1.54, 1.807) is 11.0 Å². The standard InChI is InChI=1S/C14H16FNO4/c1-19-13(17)8-12-9-16(5-6-20-12)14(18)10-3-2-4-11(15)7-10/h2-4,7,12H,5-6,8-9H2,1H3. The molecule has 1 saturated heterocycles. The maximum absolute atomic E-state index is 13.1. The summed E-state index contributed by atoms with van der Waals surface area (Å²) < 4.78 is 23.1. The third kappa shape index (κ3) is 3.54. The van der Waals surface area contributed by atoms with E-state index in [1.165, 1.54) is 25.3 Å². The molecule has 1 amide bonds. The van der Waals surface area contributed by atoms with Crippen molar-refractivity contribution in [3.8, 4) is 0 Å². The normalized spacial score (nSPS) is 18.7. The molecule has 2 rings (SSSR count). The van der Waals surface area contributed by atoms with Gasteiger partial charge in [0, 0.05) is 18.7 Å². The average Bonchev–Trinajstić information content (AvgIpc) is 2.46. The van der Waals surface area contributed by atoms with Gasteiger partial charge in [0.05, 0.1) is 26.2 Å². The maximum atomic E-state index is 13.1. The number of morpholine rings is 1. The predicted octanol–water partition coefficient (Wildman–Crippen LogP) is 1.23. The highest BCUT2D eigenvalue weighted by atomic mass is 19.1. The molecule has 0 bridgehead atoms. The minimum atomic E-state index is -0.449. The van der Waals surface area contributed by atoms with Crippen molar-refractivity contribution in [1.29, 1.82) is 0 Å². The number of methoxy groups -OCH3 is 1. The zero-order chi connectivity index (χ0) is 14.5. The van der Waals surface area contributed by atoms with Gasteiger partial charge in [-0.15, -0.1) is 0 Å². The van der Waals surface area contributed by atoms with Crippen molar-refractivity contribution in [1.82, 2.24) is 4.90 Å². The second kappa shape index (κ2) is 6.47. The number of amides is 1. The highest BCUT2D eigenvalue weighted by Crippen LogP contribution is 2.14. The molecule has 108 valence electrons. The number of ether oxygens (including phenoxy) is 2. The minimum Gasteiger partial charge on any atom is -0.469 e. The zero-order valence-electron chi connectivity index (χ0n) is 11.2. The minimum absolute atomic E-state index is 0.101. The van der Waals surface area contributed by atoms with Crippen molar-refractivity contribution in [3.63, 3.8) is 0 Å². The summed E-state index contributed by atoms with van der Waals surface area (Å²) in [5.74, 6) is -1.09. The molecule has 1 unspecified atom stereocenters. The average molecular weight is 281 g/mol. The van der Waals surface area contributed by atoms with E-state index in [0.29, 0.717) is 25.3 Å². The Hall–Kier alpha value is -1.95. The topological polar surface area (TPSA) is 55.8 Å². The Morgan fingerprint density at radius 2 is 2.30 bits per heavy atom. The van der Waals surface area contributed by atoms with E-state index in [9.17, 15) is 14.0 Å². The van der Waals surface area contributed by atoms with Crippen LogP contribution in [0.5, 0.6) is 0 Å². The highest BCUT2D eigenvalue weighted by molar-refractivity contribution is 5.94. The molecule has 0 aliphatic carbocycles. The number of esters is 1. The number of nitrogens with zero attached hydrogens (tertiary/aromatic N) is 1. The van der Waals surface area contributed by atoms with Crippen LogP contribution in [0.15, 0.2) is 24.3 Å². The summed E-state index contributed by atoms with van der Waals surface area (Å²) in [6.45, 7) is 1.07. The van der Waals surface area contributed by atoms with Crippen LogP contribution in [0.2, 0.25) is 0 Å². The molecule has 5 nitrogen and oxygen atoms in total. The first kappa shape index (κ1) is 14.5. The van der Waals surface area contributed by atoms with Crippen LogP contribution >= 0.6 is 0 Å². The number of carbonyl (C=O) groups is 2. The van der Waals surface area contributed by atoms with Gasteiger partial charge >= 0.3 is 5.97 Å². The first-order chi connectivity index (χ1) is 9.60. The van der Waals surface area contributed by atoms with Gasteiger partial charge < -0.3 is 14.4 Å². The summed E-state index contributed by atoms with van der Waals surface area (Å²) in [4.78, 5) is 25.0. The molecule has 20 heavy (non-hydrogen) atoms. The Bertz CT molecular complexity index is 506. The van der Waals surface area contributed by atoms with Crippen LogP contribution in [0.4, 0.5) is 4.39 Å². The lowest BCUT2D eigenvalue weighted by atomic mass is 10.1. The lowest BCUT2D eigenvalue weighted by Gasteiger charge is -2.32. The van der Waals surface area contributed by atoms with Crippen molar-refractivity contribution in [2.45, 2.75) is 12.5 Å². The van der Waals surface area contributed by atoms with Crippen molar-refractivity contribution < 1.29 is 23.5 Å². The first-order valence-corrected chi connectivity index (χ1v) is 6.33. The van der Waals surface area contributed by atoms with Gasteiger partial charge in [-0.1, -0.05) is 6.07 Å². The summed E-state index contributed by atoms with van der Waals surface area (Å²) >= 11 is 0. The molecule has 6 heteroatoms. The molecule has 0 aromatic heterocycles. The number of halogens is 1. The smallest absolute Gasteiger partial charge is 0.308 e. The second-order valence-electron chi connectivity index (χ2n) is 4.53. The van der Waals surface area contributed by atoms with Gasteiger partial charge in [-0.2, -0.15) is 0 Å². The third-order valence-corrected chi connectivity index (χ3v) is 3.12. The highest BCUT2D eigenvalue weighted by Gasteiger charge is 2.27. The van der Waals surface area contributed by atoms with E-state index in [-0.39, 0.29) is 24.4 Å². The molecule has 0 spiro atoms. The maximum Gasteiger partial charge on any atom is 0.308 e. The van der Waals surface area contributed by atoms with Crippen molar-refractivity contribution in [2.24, 2.45) is 0 Å². The quantitative estimate of drug-likeness (QED) is 0.782. The number of rotatable bonds is 3. The van der Waals surface area contributed by atoms with Gasteiger partial charge in [-0.3, -0.25) is 9.59 Å². The van der Waals surface area contributed by atoms with Gasteiger partial charge in [-0.05, 0) is 18.2 Å². The van der Waals surface area contributed by atoms with Crippen LogP contribution in [0, 0.1) is 5.82 Å². The fourth-order valence-corrected chi connectivity index (χ4v) is 2.10. The Morgan fingerprint density at radius 3 is 3.00 bits per heavy atom. The summed E-state index contributed by atoms with van der Waals surface area (Å²) in [5, 5.41) is 0. The first-order valence-electron chi connectivity index (χ1n) is 6.33. The molecule has 1 heterocycles. The van der Waals surface area contributed by atoms with Gasteiger partial charge in [0.25, 0.3) is 5.91 Å². The number of benzene rings is 1. The molecule has 1 atom stereocenters. The molecule has 1 aliphatic heterocycles. The van der Waals surface area contributed by atoms with Crippen LogP contribution in [0.25, 0.3) is 0 Å². The number of carbonyl (C=O) groups excluding carboxylic acids is 2. The van der Waals surface area contributed by atoms with E-state index in [4.69, 9.17) is 4.74 Å². The summed E-state index contributed by atoms with van der Waals surface area (Å²) in [6.07, 6.45) is -0.280. The Balaban J connectivity index is 2.01. The van der Waals surface area contributed by atoms with Crippen molar-refractivity contribution in [3.05, 3.63) is 35.6 Å². The molecular formula is C14H16FNO4. The Labute approximate surface area is 116 Å². The summed E-state index contributed by atoms with van der Waals surface area (Å²) in [7, 11) is 1.31. The van der Waals surface area contributed by atoms with Crippen LogP contribution in [-0.2, 0) is 14.3 Å². The third-order valence-electron chi connectivity index (χ3n) is 3.12. The SMILES string of the molecule is COC(=O)CC1CN(C(=O)c2cccc(F)c2)CCO1. The van der Waals surface area contributed by atoms with Crippen LogP contribution < -0.4 is 0 Å². The lowest BCUT2D eigenvalue weighted by molar-refractivity contribution is -0.145. The van der Waals surface area contributed by atoms with Gasteiger partial charge in [0.2, 0.25) is 0 Å².